The van der Waals surface area contributed by atoms with Gasteiger partial charge in [0.2, 0.25) is 0 Å². The first-order valence-corrected chi connectivity index (χ1v) is 8.50. The number of nitrogens with one attached hydrogen (secondary N) is 1. The van der Waals surface area contributed by atoms with Crippen molar-refractivity contribution in [3.8, 4) is 0 Å². The molecule has 2 aromatic carbocycles. The summed E-state index contributed by atoms with van der Waals surface area (Å²) in [6, 6.07) is 17.9. The highest BCUT2D eigenvalue weighted by Crippen LogP contribution is 2.15. The molecule has 0 heterocycles. The molecule has 21 heavy (non-hydrogen) atoms. The molecule has 1 unspecified atom stereocenters. The van der Waals surface area contributed by atoms with Gasteiger partial charge in [-0.05, 0) is 61.6 Å². The van der Waals surface area contributed by atoms with Crippen LogP contribution in [-0.2, 0) is 12.8 Å². The molecule has 2 aromatic rings. The molecule has 0 spiro atoms. The Hall–Kier alpha value is -1.12. The van der Waals surface area contributed by atoms with Gasteiger partial charge in [-0.25, -0.2) is 0 Å². The lowest BCUT2D eigenvalue weighted by Gasteiger charge is -2.18. The highest BCUT2D eigenvalue weighted by molar-refractivity contribution is 9.10. The van der Waals surface area contributed by atoms with E-state index in [1.54, 1.807) is 0 Å². The third-order valence-corrected chi connectivity index (χ3v) is 4.44. The molecule has 0 aliphatic heterocycles. The zero-order valence-corrected chi connectivity index (χ0v) is 14.5. The Labute approximate surface area is 136 Å². The summed E-state index contributed by atoms with van der Waals surface area (Å²) in [5.74, 6) is 0. The van der Waals surface area contributed by atoms with Gasteiger partial charge in [0.25, 0.3) is 0 Å². The van der Waals surface area contributed by atoms with Gasteiger partial charge in [-0.2, -0.15) is 0 Å². The molecule has 0 radical (unpaired) electrons. The molecule has 1 atom stereocenters. The van der Waals surface area contributed by atoms with E-state index in [4.69, 9.17) is 0 Å². The molecule has 0 saturated heterocycles. The van der Waals surface area contributed by atoms with Crippen LogP contribution in [0.3, 0.4) is 0 Å². The van der Waals surface area contributed by atoms with Gasteiger partial charge in [0.05, 0.1) is 0 Å². The van der Waals surface area contributed by atoms with E-state index in [9.17, 15) is 0 Å². The number of aryl methyl sites for hydroxylation is 2. The SMILES string of the molecule is CCNC(CCc1ccccc1C)Cc1ccc(Br)cc1. The lowest BCUT2D eigenvalue weighted by atomic mass is 9.97. The molecule has 0 amide bonds. The van der Waals surface area contributed by atoms with Crippen LogP contribution in [0.15, 0.2) is 53.0 Å². The van der Waals surface area contributed by atoms with Crippen molar-refractivity contribution >= 4 is 15.9 Å². The van der Waals surface area contributed by atoms with E-state index in [1.165, 1.54) is 23.1 Å². The molecule has 2 rings (SSSR count). The van der Waals surface area contributed by atoms with Crippen LogP contribution in [0.25, 0.3) is 0 Å². The lowest BCUT2D eigenvalue weighted by molar-refractivity contribution is 0.490. The van der Waals surface area contributed by atoms with Crippen LogP contribution in [0.4, 0.5) is 0 Å². The van der Waals surface area contributed by atoms with E-state index in [2.05, 4.69) is 83.6 Å². The first-order valence-electron chi connectivity index (χ1n) is 7.71. The molecule has 0 saturated carbocycles. The van der Waals surface area contributed by atoms with Gasteiger partial charge in [-0.3, -0.25) is 0 Å². The summed E-state index contributed by atoms with van der Waals surface area (Å²) in [6.45, 7) is 5.41. The third-order valence-electron chi connectivity index (χ3n) is 3.91. The van der Waals surface area contributed by atoms with Crippen molar-refractivity contribution in [1.29, 1.82) is 0 Å². The van der Waals surface area contributed by atoms with Crippen LogP contribution in [0.1, 0.15) is 30.0 Å². The molecule has 2 heteroatoms. The zero-order chi connectivity index (χ0) is 15.1. The first kappa shape index (κ1) is 16.3. The first-order chi connectivity index (χ1) is 10.2. The van der Waals surface area contributed by atoms with Crippen molar-refractivity contribution in [3.05, 3.63) is 69.7 Å². The van der Waals surface area contributed by atoms with Gasteiger partial charge < -0.3 is 5.32 Å². The number of hydrogen-bond donors (Lipinski definition) is 1. The molecular formula is C19H24BrN. The molecular weight excluding hydrogens is 322 g/mol. The Kier molecular flexibility index (Phi) is 6.47. The van der Waals surface area contributed by atoms with Gasteiger partial charge in [-0.15, -0.1) is 0 Å². The Balaban J connectivity index is 1.95. The number of hydrogen-bond acceptors (Lipinski definition) is 1. The van der Waals surface area contributed by atoms with Gasteiger partial charge in [0, 0.05) is 10.5 Å². The maximum Gasteiger partial charge on any atom is 0.0175 e. The van der Waals surface area contributed by atoms with Gasteiger partial charge in [0.15, 0.2) is 0 Å². The lowest BCUT2D eigenvalue weighted by Crippen LogP contribution is -2.31. The Morgan fingerprint density at radius 3 is 2.43 bits per heavy atom. The van der Waals surface area contributed by atoms with Crippen LogP contribution in [0.5, 0.6) is 0 Å². The minimum absolute atomic E-state index is 0.538. The number of likely N-dealkylation sites (N-methyl/N-ethyl adjacent to an activating group) is 1. The molecule has 112 valence electrons. The second-order valence-electron chi connectivity index (χ2n) is 5.55. The monoisotopic (exact) mass is 345 g/mol. The second-order valence-corrected chi connectivity index (χ2v) is 6.47. The highest BCUT2D eigenvalue weighted by atomic mass is 79.9. The fourth-order valence-electron chi connectivity index (χ4n) is 2.69. The molecule has 0 aliphatic carbocycles. The maximum atomic E-state index is 3.62. The van der Waals surface area contributed by atoms with Gasteiger partial charge in [0.1, 0.15) is 0 Å². The fourth-order valence-corrected chi connectivity index (χ4v) is 2.95. The predicted molar refractivity (Wildman–Crippen MR) is 94.8 cm³/mol. The van der Waals surface area contributed by atoms with Crippen LogP contribution in [0.2, 0.25) is 0 Å². The molecule has 0 aromatic heterocycles. The fraction of sp³-hybridized carbons (Fsp3) is 0.368. The summed E-state index contributed by atoms with van der Waals surface area (Å²) >= 11 is 3.50. The summed E-state index contributed by atoms with van der Waals surface area (Å²) in [4.78, 5) is 0. The molecule has 0 fully saturated rings. The van der Waals surface area contributed by atoms with Crippen molar-refractivity contribution in [2.75, 3.05) is 6.54 Å². The zero-order valence-electron chi connectivity index (χ0n) is 12.9. The number of halogens is 1. The number of rotatable bonds is 7. The second kappa shape index (κ2) is 8.35. The van der Waals surface area contributed by atoms with Gasteiger partial charge in [-0.1, -0.05) is 59.3 Å². The molecule has 0 bridgehead atoms. The van der Waals surface area contributed by atoms with E-state index in [0.29, 0.717) is 6.04 Å². The normalized spacial score (nSPS) is 12.3. The third kappa shape index (κ3) is 5.29. The van der Waals surface area contributed by atoms with Crippen molar-refractivity contribution in [2.24, 2.45) is 0 Å². The Morgan fingerprint density at radius 2 is 1.76 bits per heavy atom. The van der Waals surface area contributed by atoms with Crippen molar-refractivity contribution in [3.63, 3.8) is 0 Å². The van der Waals surface area contributed by atoms with E-state index in [1.807, 2.05) is 0 Å². The van der Waals surface area contributed by atoms with Crippen LogP contribution < -0.4 is 5.32 Å². The van der Waals surface area contributed by atoms with Crippen LogP contribution in [-0.4, -0.2) is 12.6 Å². The minimum atomic E-state index is 0.538. The minimum Gasteiger partial charge on any atom is -0.314 e. The van der Waals surface area contributed by atoms with Crippen molar-refractivity contribution in [2.45, 2.75) is 39.2 Å². The largest absolute Gasteiger partial charge is 0.314 e. The topological polar surface area (TPSA) is 12.0 Å². The summed E-state index contributed by atoms with van der Waals surface area (Å²) in [6.07, 6.45) is 3.41. The Bertz CT molecular complexity index is 548. The predicted octanol–water partition coefficient (Wildman–Crippen LogP) is 4.91. The molecule has 1 N–H and O–H groups in total. The van der Waals surface area contributed by atoms with Crippen molar-refractivity contribution < 1.29 is 0 Å². The maximum absolute atomic E-state index is 3.62. The van der Waals surface area contributed by atoms with Gasteiger partial charge >= 0.3 is 0 Å². The summed E-state index contributed by atoms with van der Waals surface area (Å²) in [5, 5.41) is 3.62. The standard InChI is InChI=1S/C19H24BrN/c1-3-21-19(14-16-8-11-18(20)12-9-16)13-10-17-7-5-4-6-15(17)2/h4-9,11-12,19,21H,3,10,13-14H2,1-2H3. The smallest absolute Gasteiger partial charge is 0.0175 e. The van der Waals surface area contributed by atoms with E-state index < -0.39 is 0 Å². The quantitative estimate of drug-likeness (QED) is 0.751. The van der Waals surface area contributed by atoms with E-state index in [-0.39, 0.29) is 0 Å². The summed E-state index contributed by atoms with van der Waals surface area (Å²) in [5.41, 5.74) is 4.27. The summed E-state index contributed by atoms with van der Waals surface area (Å²) < 4.78 is 1.14. The van der Waals surface area contributed by atoms with E-state index in [0.717, 1.165) is 23.9 Å². The Morgan fingerprint density at radius 1 is 1.05 bits per heavy atom. The van der Waals surface area contributed by atoms with Crippen molar-refractivity contribution in [1.82, 2.24) is 5.32 Å². The number of benzene rings is 2. The van der Waals surface area contributed by atoms with Crippen LogP contribution >= 0.6 is 15.9 Å². The molecule has 1 nitrogen and oxygen atoms in total. The average molecular weight is 346 g/mol. The summed E-state index contributed by atoms with van der Waals surface area (Å²) in [7, 11) is 0. The highest BCUT2D eigenvalue weighted by Gasteiger charge is 2.09. The molecule has 0 aliphatic rings. The average Bonchev–Trinajstić information content (AvgIpc) is 2.49. The van der Waals surface area contributed by atoms with E-state index >= 15 is 0 Å². The van der Waals surface area contributed by atoms with Crippen LogP contribution in [0, 0.1) is 6.92 Å².